The number of piperidine rings is 1. The largest absolute Gasteiger partial charge is 0.356 e. The Hall–Kier alpha value is -2.09. The number of anilines is 1. The molecule has 3 amide bonds. The zero-order chi connectivity index (χ0) is 21.9. The predicted molar refractivity (Wildman–Crippen MR) is 119 cm³/mol. The Morgan fingerprint density at radius 1 is 1.17 bits per heavy atom. The Morgan fingerprint density at radius 2 is 1.83 bits per heavy atom. The predicted octanol–water partition coefficient (Wildman–Crippen LogP) is 3.43. The van der Waals surface area contributed by atoms with Crippen molar-refractivity contribution < 1.29 is 18.8 Å². The van der Waals surface area contributed by atoms with Crippen molar-refractivity contribution >= 4 is 35.2 Å². The van der Waals surface area contributed by atoms with Crippen molar-refractivity contribution in [3.05, 3.63) is 30.1 Å². The second kappa shape index (κ2) is 12.6. The zero-order valence-electron chi connectivity index (χ0n) is 17.8. The van der Waals surface area contributed by atoms with Gasteiger partial charge in [-0.2, -0.15) is 0 Å². The molecular formula is C22H32FN3O3S. The number of nitrogens with zero attached hydrogens (tertiary/aromatic N) is 1. The van der Waals surface area contributed by atoms with Crippen molar-refractivity contribution in [1.29, 1.82) is 0 Å². The molecule has 166 valence electrons. The van der Waals surface area contributed by atoms with Crippen LogP contribution in [0, 0.1) is 11.7 Å². The highest BCUT2D eigenvalue weighted by molar-refractivity contribution is 8.01. The van der Waals surface area contributed by atoms with Crippen LogP contribution in [0.2, 0.25) is 0 Å². The Labute approximate surface area is 182 Å². The summed E-state index contributed by atoms with van der Waals surface area (Å²) >= 11 is 1.27. The summed E-state index contributed by atoms with van der Waals surface area (Å²) in [5.41, 5.74) is 0.524. The van der Waals surface area contributed by atoms with Gasteiger partial charge in [0.2, 0.25) is 17.7 Å². The maximum Gasteiger partial charge on any atom is 0.235 e. The normalized spacial score (nSPS) is 15.5. The molecule has 8 heteroatoms. The molecule has 0 saturated carbocycles. The number of unbranched alkanes of at least 4 members (excludes halogenated alkanes) is 2. The van der Waals surface area contributed by atoms with Gasteiger partial charge in [-0.25, -0.2) is 4.39 Å². The molecule has 1 aliphatic rings. The van der Waals surface area contributed by atoms with Gasteiger partial charge in [0.1, 0.15) is 5.82 Å². The third-order valence-electron chi connectivity index (χ3n) is 5.20. The van der Waals surface area contributed by atoms with Crippen molar-refractivity contribution in [2.24, 2.45) is 5.92 Å². The fraction of sp³-hybridized carbons (Fsp3) is 0.591. The van der Waals surface area contributed by atoms with E-state index >= 15 is 0 Å². The first kappa shape index (κ1) is 24.2. The summed E-state index contributed by atoms with van der Waals surface area (Å²) in [4.78, 5) is 38.7. The third kappa shape index (κ3) is 7.97. The summed E-state index contributed by atoms with van der Waals surface area (Å²) < 4.78 is 12.9. The van der Waals surface area contributed by atoms with Crippen LogP contribution >= 0.6 is 11.8 Å². The molecule has 1 aliphatic heterocycles. The van der Waals surface area contributed by atoms with Gasteiger partial charge in [-0.1, -0.05) is 19.8 Å². The van der Waals surface area contributed by atoms with E-state index in [0.29, 0.717) is 31.6 Å². The number of rotatable bonds is 10. The van der Waals surface area contributed by atoms with Crippen LogP contribution in [-0.4, -0.2) is 53.3 Å². The van der Waals surface area contributed by atoms with E-state index in [0.717, 1.165) is 25.8 Å². The van der Waals surface area contributed by atoms with Gasteiger partial charge in [0.05, 0.1) is 11.0 Å². The summed E-state index contributed by atoms with van der Waals surface area (Å²) in [7, 11) is 0. The highest BCUT2D eigenvalue weighted by Gasteiger charge is 2.29. The lowest BCUT2D eigenvalue weighted by atomic mass is 9.95. The second-order valence-electron chi connectivity index (χ2n) is 7.61. The van der Waals surface area contributed by atoms with Crippen LogP contribution in [0.15, 0.2) is 24.3 Å². The molecule has 0 aliphatic carbocycles. The molecule has 2 N–H and O–H groups in total. The Morgan fingerprint density at radius 3 is 2.47 bits per heavy atom. The lowest BCUT2D eigenvalue weighted by Crippen LogP contribution is -2.45. The molecule has 1 heterocycles. The number of nitrogens with one attached hydrogen (secondary N) is 2. The fourth-order valence-corrected chi connectivity index (χ4v) is 4.12. The number of amides is 3. The lowest BCUT2D eigenvalue weighted by molar-refractivity contribution is -0.134. The fourth-order valence-electron chi connectivity index (χ4n) is 3.35. The average Bonchev–Trinajstić information content (AvgIpc) is 2.76. The Kier molecular flexibility index (Phi) is 10.1. The number of hydrogen-bond acceptors (Lipinski definition) is 4. The van der Waals surface area contributed by atoms with Crippen molar-refractivity contribution in [1.82, 2.24) is 10.2 Å². The number of benzene rings is 1. The number of hydrogen-bond donors (Lipinski definition) is 2. The summed E-state index contributed by atoms with van der Waals surface area (Å²) in [6.07, 6.45) is 4.59. The minimum atomic E-state index is -0.362. The molecule has 0 spiro atoms. The van der Waals surface area contributed by atoms with Crippen LogP contribution in [-0.2, 0) is 14.4 Å². The number of carbonyl (C=O) groups excluding carboxylic acids is 3. The molecule has 0 bridgehead atoms. The maximum atomic E-state index is 12.9. The summed E-state index contributed by atoms with van der Waals surface area (Å²) in [6, 6.07) is 5.56. The third-order valence-corrected chi connectivity index (χ3v) is 6.33. The van der Waals surface area contributed by atoms with Gasteiger partial charge >= 0.3 is 0 Å². The number of thioether (sulfide) groups is 1. The molecule has 1 fully saturated rings. The van der Waals surface area contributed by atoms with Gasteiger partial charge in [0, 0.05) is 31.2 Å². The molecule has 1 aromatic rings. The first-order valence-electron chi connectivity index (χ1n) is 10.6. The van der Waals surface area contributed by atoms with Crippen LogP contribution < -0.4 is 10.6 Å². The smallest absolute Gasteiger partial charge is 0.235 e. The first-order chi connectivity index (χ1) is 14.4. The summed E-state index contributed by atoms with van der Waals surface area (Å²) in [6.45, 7) is 5.78. The highest BCUT2D eigenvalue weighted by atomic mass is 32.2. The first-order valence-corrected chi connectivity index (χ1v) is 11.7. The maximum absolute atomic E-state index is 12.9. The highest BCUT2D eigenvalue weighted by Crippen LogP contribution is 2.21. The monoisotopic (exact) mass is 437 g/mol. The van der Waals surface area contributed by atoms with E-state index in [1.165, 1.54) is 36.0 Å². The summed E-state index contributed by atoms with van der Waals surface area (Å²) in [5.74, 6) is -0.389. The van der Waals surface area contributed by atoms with Crippen molar-refractivity contribution in [2.75, 3.05) is 30.7 Å². The van der Waals surface area contributed by atoms with Gasteiger partial charge in [0.15, 0.2) is 0 Å². The van der Waals surface area contributed by atoms with Crippen molar-refractivity contribution in [3.8, 4) is 0 Å². The molecule has 6 nitrogen and oxygen atoms in total. The minimum Gasteiger partial charge on any atom is -0.356 e. The van der Waals surface area contributed by atoms with E-state index < -0.39 is 0 Å². The topological polar surface area (TPSA) is 78.5 Å². The van der Waals surface area contributed by atoms with E-state index in [-0.39, 0.29) is 40.5 Å². The number of likely N-dealkylation sites (tertiary alicyclic amines) is 1. The summed E-state index contributed by atoms with van der Waals surface area (Å²) in [5, 5.41) is 5.34. The SMILES string of the molecule is CCCCCNC(=O)C1CCN(C(=O)C(C)SCC(=O)Nc2ccc(F)cc2)CC1. The van der Waals surface area contributed by atoms with E-state index in [1.54, 1.807) is 11.8 Å². The van der Waals surface area contributed by atoms with Crippen LogP contribution in [0.1, 0.15) is 46.0 Å². The standard InChI is InChI=1S/C22H32FN3O3S/c1-3-4-5-12-24-21(28)17-10-13-26(14-11-17)22(29)16(2)30-15-20(27)25-19-8-6-18(23)7-9-19/h6-9,16-17H,3-5,10-15H2,1-2H3,(H,24,28)(H,25,27). The van der Waals surface area contributed by atoms with E-state index in [1.807, 2.05) is 0 Å². The molecule has 2 rings (SSSR count). The van der Waals surface area contributed by atoms with E-state index in [2.05, 4.69) is 17.6 Å². The molecule has 0 radical (unpaired) electrons. The molecule has 1 unspecified atom stereocenters. The zero-order valence-corrected chi connectivity index (χ0v) is 18.6. The van der Waals surface area contributed by atoms with Gasteiger partial charge in [-0.05, 0) is 50.5 Å². The Bertz CT molecular complexity index is 706. The van der Waals surface area contributed by atoms with E-state index in [4.69, 9.17) is 0 Å². The molecule has 1 atom stereocenters. The molecule has 30 heavy (non-hydrogen) atoms. The van der Waals surface area contributed by atoms with Crippen LogP contribution in [0.25, 0.3) is 0 Å². The quantitative estimate of drug-likeness (QED) is 0.550. The molecule has 0 aromatic heterocycles. The van der Waals surface area contributed by atoms with Gasteiger partial charge in [-0.3, -0.25) is 14.4 Å². The average molecular weight is 438 g/mol. The second-order valence-corrected chi connectivity index (χ2v) is 8.94. The van der Waals surface area contributed by atoms with E-state index in [9.17, 15) is 18.8 Å². The van der Waals surface area contributed by atoms with Crippen LogP contribution in [0.5, 0.6) is 0 Å². The lowest BCUT2D eigenvalue weighted by Gasteiger charge is -2.32. The van der Waals surface area contributed by atoms with Crippen molar-refractivity contribution in [2.45, 2.75) is 51.2 Å². The molecule has 1 aromatic carbocycles. The molecule has 1 saturated heterocycles. The van der Waals surface area contributed by atoms with Crippen LogP contribution in [0.4, 0.5) is 10.1 Å². The Balaban J connectivity index is 1.68. The van der Waals surface area contributed by atoms with Gasteiger partial charge < -0.3 is 15.5 Å². The minimum absolute atomic E-state index is 0.00335. The van der Waals surface area contributed by atoms with Crippen LogP contribution in [0.3, 0.4) is 0 Å². The van der Waals surface area contributed by atoms with Gasteiger partial charge in [0.25, 0.3) is 0 Å². The van der Waals surface area contributed by atoms with Crippen molar-refractivity contribution in [3.63, 3.8) is 0 Å². The number of carbonyl (C=O) groups is 3. The number of halogens is 1. The van der Waals surface area contributed by atoms with Gasteiger partial charge in [-0.15, -0.1) is 11.8 Å². The molecular weight excluding hydrogens is 405 g/mol.